The molecular weight excluding hydrogens is 341 g/mol. The van der Waals surface area contributed by atoms with Crippen molar-refractivity contribution in [3.8, 4) is 0 Å². The number of anilines is 1. The average molecular weight is 356 g/mol. The SMILES string of the molecule is C[C@@H](OC(=O)CCc1cccs1)C(=O)Nc1ccc(F)c(Cl)c1. The van der Waals surface area contributed by atoms with E-state index in [1.165, 1.54) is 19.1 Å². The van der Waals surface area contributed by atoms with Gasteiger partial charge in [-0.1, -0.05) is 17.7 Å². The second kappa shape index (κ2) is 8.08. The number of aryl methyl sites for hydroxylation is 1. The number of carbonyl (C=O) groups is 2. The summed E-state index contributed by atoms with van der Waals surface area (Å²) < 4.78 is 18.1. The van der Waals surface area contributed by atoms with Gasteiger partial charge in [-0.15, -0.1) is 11.3 Å². The van der Waals surface area contributed by atoms with Crippen molar-refractivity contribution in [2.24, 2.45) is 0 Å². The number of benzene rings is 1. The molecule has 1 heterocycles. The number of ether oxygens (including phenoxy) is 1. The van der Waals surface area contributed by atoms with Crippen LogP contribution in [0, 0.1) is 5.82 Å². The molecule has 0 aliphatic rings. The summed E-state index contributed by atoms with van der Waals surface area (Å²) >= 11 is 7.20. The number of esters is 1. The molecule has 1 aromatic heterocycles. The average Bonchev–Trinajstić information content (AvgIpc) is 3.02. The van der Waals surface area contributed by atoms with Gasteiger partial charge in [0, 0.05) is 10.6 Å². The van der Waals surface area contributed by atoms with E-state index in [0.717, 1.165) is 10.9 Å². The van der Waals surface area contributed by atoms with E-state index in [2.05, 4.69) is 5.32 Å². The van der Waals surface area contributed by atoms with Crippen LogP contribution in [0.2, 0.25) is 5.02 Å². The summed E-state index contributed by atoms with van der Waals surface area (Å²) in [4.78, 5) is 24.8. The molecule has 1 N–H and O–H groups in total. The van der Waals surface area contributed by atoms with Gasteiger partial charge >= 0.3 is 5.97 Å². The van der Waals surface area contributed by atoms with Crippen molar-refractivity contribution in [3.05, 3.63) is 51.4 Å². The van der Waals surface area contributed by atoms with E-state index < -0.39 is 23.8 Å². The summed E-state index contributed by atoms with van der Waals surface area (Å²) in [5.74, 6) is -1.52. The molecule has 0 spiro atoms. The Morgan fingerprint density at radius 3 is 2.83 bits per heavy atom. The number of carbonyl (C=O) groups excluding carboxylic acids is 2. The lowest BCUT2D eigenvalue weighted by atomic mass is 10.2. The smallest absolute Gasteiger partial charge is 0.306 e. The fourth-order valence-corrected chi connectivity index (χ4v) is 2.70. The fourth-order valence-electron chi connectivity index (χ4n) is 1.81. The first kappa shape index (κ1) is 17.4. The highest BCUT2D eigenvalue weighted by atomic mass is 35.5. The van der Waals surface area contributed by atoms with Crippen LogP contribution < -0.4 is 5.32 Å². The summed E-state index contributed by atoms with van der Waals surface area (Å²) in [6.07, 6.45) is -0.159. The predicted molar refractivity (Wildman–Crippen MR) is 88.2 cm³/mol. The molecule has 1 atom stereocenters. The summed E-state index contributed by atoms with van der Waals surface area (Å²) in [6, 6.07) is 7.67. The number of thiophene rings is 1. The zero-order valence-corrected chi connectivity index (χ0v) is 13.9. The van der Waals surface area contributed by atoms with Gasteiger partial charge in [0.1, 0.15) is 5.82 Å². The van der Waals surface area contributed by atoms with E-state index in [1.54, 1.807) is 11.3 Å². The number of halogens is 2. The fraction of sp³-hybridized carbons (Fsp3) is 0.250. The third-order valence-corrected chi connectivity index (χ3v) is 4.25. The number of hydrogen-bond acceptors (Lipinski definition) is 4. The van der Waals surface area contributed by atoms with E-state index in [-0.39, 0.29) is 11.4 Å². The van der Waals surface area contributed by atoms with Gasteiger partial charge < -0.3 is 10.1 Å². The van der Waals surface area contributed by atoms with Gasteiger partial charge in [-0.2, -0.15) is 0 Å². The van der Waals surface area contributed by atoms with Crippen molar-refractivity contribution in [2.75, 3.05) is 5.32 Å². The summed E-state index contributed by atoms with van der Waals surface area (Å²) in [6.45, 7) is 1.48. The molecule has 0 radical (unpaired) electrons. The first-order chi connectivity index (χ1) is 11.0. The molecule has 0 aliphatic carbocycles. The highest BCUT2D eigenvalue weighted by molar-refractivity contribution is 7.09. The molecule has 2 rings (SSSR count). The number of hydrogen-bond donors (Lipinski definition) is 1. The van der Waals surface area contributed by atoms with E-state index in [1.807, 2.05) is 17.5 Å². The zero-order chi connectivity index (χ0) is 16.8. The lowest BCUT2D eigenvalue weighted by Crippen LogP contribution is -2.30. The van der Waals surface area contributed by atoms with Crippen LogP contribution in [0.3, 0.4) is 0 Å². The Morgan fingerprint density at radius 2 is 2.17 bits per heavy atom. The van der Waals surface area contributed by atoms with Gasteiger partial charge in [-0.25, -0.2) is 4.39 Å². The summed E-state index contributed by atoms with van der Waals surface area (Å²) in [5, 5.41) is 4.36. The van der Waals surface area contributed by atoms with Gasteiger partial charge in [-0.05, 0) is 43.0 Å². The summed E-state index contributed by atoms with van der Waals surface area (Å²) in [5.41, 5.74) is 0.336. The van der Waals surface area contributed by atoms with Crippen LogP contribution in [0.4, 0.5) is 10.1 Å². The maximum Gasteiger partial charge on any atom is 0.306 e. The number of nitrogens with one attached hydrogen (secondary N) is 1. The molecule has 1 aromatic carbocycles. The number of amides is 1. The first-order valence-electron chi connectivity index (χ1n) is 6.93. The highest BCUT2D eigenvalue weighted by Gasteiger charge is 2.18. The van der Waals surface area contributed by atoms with Gasteiger partial charge in [0.2, 0.25) is 0 Å². The monoisotopic (exact) mass is 355 g/mol. The van der Waals surface area contributed by atoms with E-state index in [4.69, 9.17) is 16.3 Å². The lowest BCUT2D eigenvalue weighted by molar-refractivity contribution is -0.153. The summed E-state index contributed by atoms with van der Waals surface area (Å²) in [7, 11) is 0. The Hall–Kier alpha value is -1.92. The Labute approximate surface area is 142 Å². The standard InChI is InChI=1S/C16H15ClFNO3S/c1-10(22-15(20)7-5-12-3-2-8-23-12)16(21)19-11-4-6-14(18)13(17)9-11/h2-4,6,8-10H,5,7H2,1H3,(H,19,21)/t10-/m1/s1. The van der Waals surface area contributed by atoms with Crippen LogP contribution in [-0.2, 0) is 20.7 Å². The van der Waals surface area contributed by atoms with Crippen LogP contribution in [0.25, 0.3) is 0 Å². The van der Waals surface area contributed by atoms with Gasteiger partial charge in [-0.3, -0.25) is 9.59 Å². The molecule has 0 unspecified atom stereocenters. The molecule has 0 fully saturated rings. The minimum atomic E-state index is -0.949. The second-order valence-corrected chi connectivity index (χ2v) is 6.27. The number of rotatable bonds is 6. The molecule has 0 aliphatic heterocycles. The molecule has 23 heavy (non-hydrogen) atoms. The van der Waals surface area contributed by atoms with E-state index in [9.17, 15) is 14.0 Å². The molecule has 2 aromatic rings. The van der Waals surface area contributed by atoms with Gasteiger partial charge in [0.15, 0.2) is 6.10 Å². The van der Waals surface area contributed by atoms with E-state index >= 15 is 0 Å². The molecule has 4 nitrogen and oxygen atoms in total. The largest absolute Gasteiger partial charge is 0.453 e. The molecule has 7 heteroatoms. The van der Waals surface area contributed by atoms with Crippen molar-refractivity contribution in [2.45, 2.75) is 25.9 Å². The zero-order valence-electron chi connectivity index (χ0n) is 12.3. The van der Waals surface area contributed by atoms with Crippen molar-refractivity contribution >= 4 is 40.5 Å². The third-order valence-electron chi connectivity index (χ3n) is 3.02. The van der Waals surface area contributed by atoms with Gasteiger partial charge in [0.25, 0.3) is 5.91 Å². The predicted octanol–water partition coefficient (Wildman–Crippen LogP) is 4.04. The molecule has 0 saturated carbocycles. The Bertz CT molecular complexity index is 691. The molecule has 0 bridgehead atoms. The Balaban J connectivity index is 1.81. The Morgan fingerprint density at radius 1 is 1.39 bits per heavy atom. The minimum absolute atomic E-state index is 0.0941. The molecule has 1 amide bonds. The van der Waals surface area contributed by atoms with Gasteiger partial charge in [0.05, 0.1) is 11.4 Å². The lowest BCUT2D eigenvalue weighted by Gasteiger charge is -2.13. The molecule has 122 valence electrons. The maximum absolute atomic E-state index is 13.1. The van der Waals surface area contributed by atoms with Crippen LogP contribution >= 0.6 is 22.9 Å². The molecule has 0 saturated heterocycles. The topological polar surface area (TPSA) is 55.4 Å². The van der Waals surface area contributed by atoms with E-state index in [0.29, 0.717) is 12.1 Å². The second-order valence-electron chi connectivity index (χ2n) is 4.83. The van der Waals surface area contributed by atoms with Crippen molar-refractivity contribution in [3.63, 3.8) is 0 Å². The van der Waals surface area contributed by atoms with Crippen molar-refractivity contribution < 1.29 is 18.7 Å². The quantitative estimate of drug-likeness (QED) is 0.795. The van der Waals surface area contributed by atoms with Crippen molar-refractivity contribution in [1.29, 1.82) is 0 Å². The highest BCUT2D eigenvalue weighted by Crippen LogP contribution is 2.19. The van der Waals surface area contributed by atoms with Crippen LogP contribution in [0.1, 0.15) is 18.2 Å². The van der Waals surface area contributed by atoms with Crippen LogP contribution in [0.5, 0.6) is 0 Å². The molecular formula is C16H15ClFNO3S. The Kier molecular flexibility index (Phi) is 6.12. The third kappa shape index (κ3) is 5.33. The maximum atomic E-state index is 13.1. The normalized spacial score (nSPS) is 11.8. The first-order valence-corrected chi connectivity index (χ1v) is 8.19. The van der Waals surface area contributed by atoms with Crippen LogP contribution in [-0.4, -0.2) is 18.0 Å². The van der Waals surface area contributed by atoms with Crippen molar-refractivity contribution in [1.82, 2.24) is 0 Å². The van der Waals surface area contributed by atoms with Crippen LogP contribution in [0.15, 0.2) is 35.7 Å². The minimum Gasteiger partial charge on any atom is -0.453 e.